The van der Waals surface area contributed by atoms with Crippen molar-refractivity contribution in [3.8, 4) is 5.75 Å². The lowest BCUT2D eigenvalue weighted by Crippen LogP contribution is -2.27. The standard InChI is InChI=1S/C13H20N2O4/c1-13(2,3)19-12(18)15-10-5-4-8(6-11(10)17)9(14)7-16/h4-6,9,16-17H,7,14H2,1-3H3,(H,15,18)/t9-/m0/s1. The van der Waals surface area contributed by atoms with E-state index in [0.717, 1.165) is 0 Å². The number of aromatic hydroxyl groups is 1. The Morgan fingerprint density at radius 3 is 2.58 bits per heavy atom. The van der Waals surface area contributed by atoms with Gasteiger partial charge in [-0.25, -0.2) is 4.79 Å². The van der Waals surface area contributed by atoms with Gasteiger partial charge in [0.25, 0.3) is 0 Å². The summed E-state index contributed by atoms with van der Waals surface area (Å²) in [6.07, 6.45) is -0.651. The molecule has 0 radical (unpaired) electrons. The van der Waals surface area contributed by atoms with Crippen LogP contribution < -0.4 is 11.1 Å². The largest absolute Gasteiger partial charge is 0.506 e. The zero-order chi connectivity index (χ0) is 14.6. The van der Waals surface area contributed by atoms with Gasteiger partial charge in [-0.3, -0.25) is 5.32 Å². The molecule has 6 nitrogen and oxygen atoms in total. The topological polar surface area (TPSA) is 105 Å². The lowest BCUT2D eigenvalue weighted by atomic mass is 10.1. The molecule has 1 aromatic rings. The minimum Gasteiger partial charge on any atom is -0.506 e. The number of nitrogens with one attached hydrogen (secondary N) is 1. The molecule has 6 heteroatoms. The van der Waals surface area contributed by atoms with Gasteiger partial charge in [0.05, 0.1) is 18.3 Å². The van der Waals surface area contributed by atoms with Crippen molar-refractivity contribution >= 4 is 11.8 Å². The van der Waals surface area contributed by atoms with Crippen LogP contribution in [0.2, 0.25) is 0 Å². The highest BCUT2D eigenvalue weighted by Gasteiger charge is 2.17. The van der Waals surface area contributed by atoms with Crippen molar-refractivity contribution in [2.45, 2.75) is 32.4 Å². The van der Waals surface area contributed by atoms with Crippen LogP contribution in [0.15, 0.2) is 18.2 Å². The Morgan fingerprint density at radius 2 is 2.11 bits per heavy atom. The molecule has 19 heavy (non-hydrogen) atoms. The van der Waals surface area contributed by atoms with E-state index in [4.69, 9.17) is 15.6 Å². The van der Waals surface area contributed by atoms with Crippen LogP contribution in [0, 0.1) is 0 Å². The minimum absolute atomic E-state index is 0.132. The molecule has 1 atom stereocenters. The van der Waals surface area contributed by atoms with Gasteiger partial charge in [-0.15, -0.1) is 0 Å². The molecular weight excluding hydrogens is 248 g/mol. The van der Waals surface area contributed by atoms with Gasteiger partial charge >= 0.3 is 6.09 Å². The number of aliphatic hydroxyl groups is 1. The summed E-state index contributed by atoms with van der Waals surface area (Å²) in [4.78, 5) is 11.5. The highest BCUT2D eigenvalue weighted by Crippen LogP contribution is 2.27. The van der Waals surface area contributed by atoms with E-state index in [2.05, 4.69) is 5.32 Å². The second kappa shape index (κ2) is 5.90. The Morgan fingerprint density at radius 1 is 1.47 bits per heavy atom. The summed E-state index contributed by atoms with van der Waals surface area (Å²) in [5.74, 6) is -0.132. The first-order chi connectivity index (χ1) is 8.73. The van der Waals surface area contributed by atoms with E-state index in [1.54, 1.807) is 26.8 Å². The maximum atomic E-state index is 11.5. The van der Waals surface area contributed by atoms with Crippen molar-refractivity contribution in [2.24, 2.45) is 5.73 Å². The van der Waals surface area contributed by atoms with Gasteiger partial charge in [0.15, 0.2) is 0 Å². The number of hydrogen-bond acceptors (Lipinski definition) is 5. The number of phenols is 1. The molecule has 1 amide bonds. The molecule has 106 valence electrons. The van der Waals surface area contributed by atoms with Crippen LogP contribution in [0.3, 0.4) is 0 Å². The fourth-order valence-corrected chi connectivity index (χ4v) is 1.40. The molecule has 5 N–H and O–H groups in total. The molecule has 0 spiro atoms. The Hall–Kier alpha value is -1.79. The number of anilines is 1. The Kier molecular flexibility index (Phi) is 4.74. The molecule has 1 aromatic carbocycles. The van der Waals surface area contributed by atoms with E-state index in [9.17, 15) is 9.90 Å². The number of phenolic OH excluding ortho intramolecular Hbond substituents is 1. The molecule has 1 rings (SSSR count). The van der Waals surface area contributed by atoms with Gasteiger partial charge < -0.3 is 20.7 Å². The number of hydrogen-bond donors (Lipinski definition) is 4. The van der Waals surface area contributed by atoms with Gasteiger partial charge in [-0.2, -0.15) is 0 Å². The van der Waals surface area contributed by atoms with E-state index in [-0.39, 0.29) is 18.0 Å². The Labute approximate surface area is 112 Å². The van der Waals surface area contributed by atoms with E-state index >= 15 is 0 Å². The lowest BCUT2D eigenvalue weighted by Gasteiger charge is -2.20. The number of ether oxygens (including phenoxy) is 1. The number of rotatable bonds is 3. The number of carbonyl (C=O) groups excluding carboxylic acids is 1. The van der Waals surface area contributed by atoms with E-state index in [1.165, 1.54) is 12.1 Å². The SMILES string of the molecule is CC(C)(C)OC(=O)Nc1ccc([C@@H](N)CO)cc1O. The van der Waals surface area contributed by atoms with Crippen molar-refractivity contribution in [1.29, 1.82) is 0 Å². The van der Waals surface area contributed by atoms with Crippen molar-refractivity contribution in [1.82, 2.24) is 0 Å². The summed E-state index contributed by atoms with van der Waals surface area (Å²) in [6, 6.07) is 3.95. The maximum absolute atomic E-state index is 11.5. The fourth-order valence-electron chi connectivity index (χ4n) is 1.40. The monoisotopic (exact) mass is 268 g/mol. The van der Waals surface area contributed by atoms with E-state index < -0.39 is 17.7 Å². The molecule has 0 fully saturated rings. The van der Waals surface area contributed by atoms with Gasteiger partial charge in [0.1, 0.15) is 11.4 Å². The van der Waals surface area contributed by atoms with Crippen molar-refractivity contribution in [3.05, 3.63) is 23.8 Å². The summed E-state index contributed by atoms with van der Waals surface area (Å²) in [5.41, 5.74) is 5.82. The normalized spacial score (nSPS) is 12.9. The van der Waals surface area contributed by atoms with Crippen LogP contribution in [0.5, 0.6) is 5.75 Å². The first kappa shape index (κ1) is 15.3. The van der Waals surface area contributed by atoms with Crippen molar-refractivity contribution in [2.75, 3.05) is 11.9 Å². The fraction of sp³-hybridized carbons (Fsp3) is 0.462. The zero-order valence-corrected chi connectivity index (χ0v) is 11.3. The van der Waals surface area contributed by atoms with Crippen LogP contribution in [0.4, 0.5) is 10.5 Å². The average molecular weight is 268 g/mol. The summed E-state index contributed by atoms with van der Waals surface area (Å²) >= 11 is 0. The summed E-state index contributed by atoms with van der Waals surface area (Å²) < 4.78 is 5.07. The van der Waals surface area contributed by atoms with E-state index in [1.807, 2.05) is 0 Å². The molecule has 0 aliphatic rings. The van der Waals surface area contributed by atoms with Gasteiger partial charge in [-0.05, 0) is 38.5 Å². The van der Waals surface area contributed by atoms with Gasteiger partial charge in [0.2, 0.25) is 0 Å². The first-order valence-electron chi connectivity index (χ1n) is 5.92. The van der Waals surface area contributed by atoms with Crippen molar-refractivity contribution in [3.63, 3.8) is 0 Å². The molecule has 0 unspecified atom stereocenters. The summed E-state index contributed by atoms with van der Waals surface area (Å²) in [5, 5.41) is 21.1. The number of aliphatic hydroxyl groups excluding tert-OH is 1. The highest BCUT2D eigenvalue weighted by atomic mass is 16.6. The second-order valence-corrected chi connectivity index (χ2v) is 5.19. The number of nitrogens with two attached hydrogens (primary N) is 1. The number of amides is 1. The Bertz CT molecular complexity index is 454. The van der Waals surface area contributed by atoms with Crippen LogP contribution in [0.25, 0.3) is 0 Å². The van der Waals surface area contributed by atoms with Crippen LogP contribution in [0.1, 0.15) is 32.4 Å². The molecule has 0 saturated carbocycles. The molecular formula is C13H20N2O4. The number of carbonyl (C=O) groups is 1. The summed E-state index contributed by atoms with van der Waals surface area (Å²) in [6.45, 7) is 5.01. The number of benzene rings is 1. The smallest absolute Gasteiger partial charge is 0.412 e. The maximum Gasteiger partial charge on any atom is 0.412 e. The highest BCUT2D eigenvalue weighted by molar-refractivity contribution is 5.86. The van der Waals surface area contributed by atoms with Crippen LogP contribution in [-0.2, 0) is 4.74 Å². The predicted molar refractivity (Wildman–Crippen MR) is 72.0 cm³/mol. The van der Waals surface area contributed by atoms with Crippen molar-refractivity contribution < 1.29 is 19.7 Å². The molecule has 0 aliphatic carbocycles. The molecule has 0 bridgehead atoms. The summed E-state index contributed by atoms with van der Waals surface area (Å²) in [7, 11) is 0. The first-order valence-corrected chi connectivity index (χ1v) is 5.92. The van der Waals surface area contributed by atoms with Crippen LogP contribution in [-0.4, -0.2) is 28.5 Å². The zero-order valence-electron chi connectivity index (χ0n) is 11.3. The van der Waals surface area contributed by atoms with Gasteiger partial charge in [0, 0.05) is 0 Å². The second-order valence-electron chi connectivity index (χ2n) is 5.19. The third kappa shape index (κ3) is 4.76. The van der Waals surface area contributed by atoms with Gasteiger partial charge in [-0.1, -0.05) is 6.07 Å². The third-order valence-corrected chi connectivity index (χ3v) is 2.28. The average Bonchev–Trinajstić information content (AvgIpc) is 2.28. The minimum atomic E-state index is -0.651. The Balaban J connectivity index is 2.78. The van der Waals surface area contributed by atoms with Crippen LogP contribution >= 0.6 is 0 Å². The van der Waals surface area contributed by atoms with E-state index in [0.29, 0.717) is 5.56 Å². The quantitative estimate of drug-likeness (QED) is 0.625. The molecule has 0 saturated heterocycles. The predicted octanol–water partition coefficient (Wildman–Crippen LogP) is 1.73. The molecule has 0 aromatic heterocycles. The third-order valence-electron chi connectivity index (χ3n) is 2.28. The molecule has 0 heterocycles. The molecule has 0 aliphatic heterocycles. The lowest BCUT2D eigenvalue weighted by molar-refractivity contribution is 0.0635.